The van der Waals surface area contributed by atoms with E-state index in [2.05, 4.69) is 20.6 Å². The second-order valence-corrected chi connectivity index (χ2v) is 6.14. The minimum atomic E-state index is -0.0610. The summed E-state index contributed by atoms with van der Waals surface area (Å²) in [5, 5.41) is 6.62. The summed E-state index contributed by atoms with van der Waals surface area (Å²) in [5.41, 5.74) is 2.54. The van der Waals surface area contributed by atoms with Gasteiger partial charge in [-0.1, -0.05) is 25.0 Å². The molecular weight excluding hydrogens is 288 g/mol. The molecule has 0 saturated heterocycles. The summed E-state index contributed by atoms with van der Waals surface area (Å²) in [7, 11) is 0. The fourth-order valence-electron chi connectivity index (χ4n) is 2.88. The van der Waals surface area contributed by atoms with E-state index in [9.17, 15) is 4.79 Å². The zero-order chi connectivity index (χ0) is 16.2. The zero-order valence-electron chi connectivity index (χ0n) is 13.6. The Morgan fingerprint density at radius 1 is 1.17 bits per heavy atom. The van der Waals surface area contributed by atoms with Crippen molar-refractivity contribution in [3.63, 3.8) is 0 Å². The molecule has 0 unspecified atom stereocenters. The van der Waals surface area contributed by atoms with Crippen molar-refractivity contribution in [2.75, 3.05) is 10.6 Å². The Hall–Kier alpha value is -2.43. The molecule has 0 amide bonds. The minimum Gasteiger partial charge on any atom is -0.351 e. The molecule has 0 radical (unpaired) electrons. The lowest BCUT2D eigenvalue weighted by molar-refractivity contribution is 0.101. The summed E-state index contributed by atoms with van der Waals surface area (Å²) in [5.74, 6) is 1.10. The van der Waals surface area contributed by atoms with Gasteiger partial charge in [-0.15, -0.1) is 0 Å². The lowest BCUT2D eigenvalue weighted by atomic mass is 10.2. The zero-order valence-corrected chi connectivity index (χ0v) is 13.6. The number of benzene rings is 1. The number of nitrogens with one attached hydrogen (secondary N) is 2. The van der Waals surface area contributed by atoms with Crippen LogP contribution in [-0.2, 0) is 0 Å². The van der Waals surface area contributed by atoms with E-state index in [1.165, 1.54) is 25.3 Å². The van der Waals surface area contributed by atoms with E-state index in [1.807, 2.05) is 31.2 Å². The van der Waals surface area contributed by atoms with Crippen LogP contribution in [0.3, 0.4) is 0 Å². The predicted molar refractivity (Wildman–Crippen MR) is 92.4 cm³/mol. The van der Waals surface area contributed by atoms with Gasteiger partial charge >= 0.3 is 0 Å². The van der Waals surface area contributed by atoms with Crippen LogP contribution in [0.2, 0.25) is 0 Å². The van der Waals surface area contributed by atoms with Crippen molar-refractivity contribution in [1.82, 2.24) is 9.97 Å². The number of anilines is 3. The Morgan fingerprint density at radius 3 is 2.65 bits per heavy atom. The summed E-state index contributed by atoms with van der Waals surface area (Å²) in [6, 6.07) is 10.2. The van der Waals surface area contributed by atoms with Crippen LogP contribution in [0.1, 0.15) is 48.7 Å². The molecule has 1 aliphatic rings. The number of hydrogen-bond acceptors (Lipinski definition) is 5. The highest BCUT2D eigenvalue weighted by Crippen LogP contribution is 2.23. The van der Waals surface area contributed by atoms with E-state index >= 15 is 0 Å². The first kappa shape index (κ1) is 15.5. The molecule has 120 valence electrons. The van der Waals surface area contributed by atoms with Crippen molar-refractivity contribution in [2.24, 2.45) is 0 Å². The molecule has 0 aliphatic heterocycles. The van der Waals surface area contributed by atoms with Crippen molar-refractivity contribution < 1.29 is 4.79 Å². The van der Waals surface area contributed by atoms with Gasteiger partial charge in [0, 0.05) is 24.7 Å². The monoisotopic (exact) mass is 310 g/mol. The van der Waals surface area contributed by atoms with E-state index in [0.717, 1.165) is 18.5 Å². The SMILES string of the molecule is CC(=O)c1cc(Nc2cccc(C)c2)nc(NC2CCCC2)n1. The number of rotatable bonds is 5. The second kappa shape index (κ2) is 6.77. The first-order valence-corrected chi connectivity index (χ1v) is 8.10. The number of carbonyl (C=O) groups is 1. The van der Waals surface area contributed by atoms with Crippen LogP contribution >= 0.6 is 0 Å². The second-order valence-electron chi connectivity index (χ2n) is 6.14. The molecule has 5 heteroatoms. The molecule has 2 aromatic rings. The van der Waals surface area contributed by atoms with Gasteiger partial charge in [-0.05, 0) is 37.5 Å². The molecule has 3 rings (SSSR count). The summed E-state index contributed by atoms with van der Waals surface area (Å²) < 4.78 is 0. The van der Waals surface area contributed by atoms with E-state index < -0.39 is 0 Å². The third-order valence-electron chi connectivity index (χ3n) is 4.07. The topological polar surface area (TPSA) is 66.9 Å². The largest absolute Gasteiger partial charge is 0.351 e. The van der Waals surface area contributed by atoms with Gasteiger partial charge < -0.3 is 10.6 Å². The third kappa shape index (κ3) is 4.06. The first-order valence-electron chi connectivity index (χ1n) is 8.10. The molecule has 5 nitrogen and oxygen atoms in total. The molecule has 0 atom stereocenters. The van der Waals surface area contributed by atoms with E-state index in [0.29, 0.717) is 23.5 Å². The smallest absolute Gasteiger partial charge is 0.225 e. The van der Waals surface area contributed by atoms with Gasteiger partial charge in [0.15, 0.2) is 5.78 Å². The van der Waals surface area contributed by atoms with Crippen molar-refractivity contribution in [2.45, 2.75) is 45.6 Å². The van der Waals surface area contributed by atoms with Gasteiger partial charge in [-0.25, -0.2) is 4.98 Å². The quantitative estimate of drug-likeness (QED) is 0.814. The van der Waals surface area contributed by atoms with Crippen molar-refractivity contribution >= 4 is 23.2 Å². The molecule has 1 aliphatic carbocycles. The highest BCUT2D eigenvalue weighted by Gasteiger charge is 2.17. The maximum absolute atomic E-state index is 11.7. The average Bonchev–Trinajstić information content (AvgIpc) is 3.00. The Kier molecular flexibility index (Phi) is 4.55. The fraction of sp³-hybridized carbons (Fsp3) is 0.389. The molecular formula is C18H22N4O. The summed E-state index contributed by atoms with van der Waals surface area (Å²) in [6.45, 7) is 3.57. The molecule has 23 heavy (non-hydrogen) atoms. The summed E-state index contributed by atoms with van der Waals surface area (Å²) in [4.78, 5) is 20.6. The fourth-order valence-corrected chi connectivity index (χ4v) is 2.88. The van der Waals surface area contributed by atoms with E-state index in [-0.39, 0.29) is 5.78 Å². The average molecular weight is 310 g/mol. The lowest BCUT2D eigenvalue weighted by Gasteiger charge is -2.14. The van der Waals surface area contributed by atoms with Crippen LogP contribution in [0.25, 0.3) is 0 Å². The van der Waals surface area contributed by atoms with Crippen molar-refractivity contribution in [3.8, 4) is 0 Å². The Labute approximate surface area is 136 Å². The van der Waals surface area contributed by atoms with Crippen molar-refractivity contribution in [3.05, 3.63) is 41.6 Å². The number of aromatic nitrogens is 2. The maximum atomic E-state index is 11.7. The van der Waals surface area contributed by atoms with E-state index in [4.69, 9.17) is 0 Å². The molecule has 0 bridgehead atoms. The molecule has 1 fully saturated rings. The first-order chi connectivity index (χ1) is 11.1. The van der Waals surface area contributed by atoms with Gasteiger partial charge in [0.25, 0.3) is 0 Å². The summed E-state index contributed by atoms with van der Waals surface area (Å²) in [6.07, 6.45) is 4.74. The lowest BCUT2D eigenvalue weighted by Crippen LogP contribution is -2.18. The van der Waals surface area contributed by atoms with E-state index in [1.54, 1.807) is 6.07 Å². The van der Waals surface area contributed by atoms with Gasteiger partial charge in [0.1, 0.15) is 11.5 Å². The van der Waals surface area contributed by atoms with Gasteiger partial charge in [0.05, 0.1) is 0 Å². The normalized spacial score (nSPS) is 14.7. The molecule has 0 spiro atoms. The third-order valence-corrected chi connectivity index (χ3v) is 4.07. The number of hydrogen-bond donors (Lipinski definition) is 2. The van der Waals surface area contributed by atoms with Crippen LogP contribution in [0.4, 0.5) is 17.5 Å². The molecule has 1 saturated carbocycles. The van der Waals surface area contributed by atoms with Gasteiger partial charge in [-0.2, -0.15) is 4.98 Å². The summed E-state index contributed by atoms with van der Waals surface area (Å²) >= 11 is 0. The number of ketones is 1. The Bertz CT molecular complexity index is 708. The van der Waals surface area contributed by atoms with Crippen LogP contribution in [0.15, 0.2) is 30.3 Å². The number of Topliss-reactive ketones (excluding diaryl/α,β-unsaturated/α-hetero) is 1. The Morgan fingerprint density at radius 2 is 1.96 bits per heavy atom. The molecule has 1 aromatic heterocycles. The number of aryl methyl sites for hydroxylation is 1. The van der Waals surface area contributed by atoms with Crippen molar-refractivity contribution in [1.29, 1.82) is 0 Å². The van der Waals surface area contributed by atoms with Gasteiger partial charge in [-0.3, -0.25) is 4.79 Å². The highest BCUT2D eigenvalue weighted by atomic mass is 16.1. The van der Waals surface area contributed by atoms with Gasteiger partial charge in [0.2, 0.25) is 5.95 Å². The standard InChI is InChI=1S/C18H22N4O/c1-12-6-5-9-15(10-12)19-17-11-16(13(2)23)21-18(22-17)20-14-7-3-4-8-14/h5-6,9-11,14H,3-4,7-8H2,1-2H3,(H2,19,20,21,22). The molecule has 1 aromatic carbocycles. The number of carbonyl (C=O) groups excluding carboxylic acids is 1. The van der Waals surface area contributed by atoms with Crippen LogP contribution in [0.5, 0.6) is 0 Å². The molecule has 2 N–H and O–H groups in total. The predicted octanol–water partition coefficient (Wildman–Crippen LogP) is 4.09. The number of nitrogens with zero attached hydrogens (tertiary/aromatic N) is 2. The molecule has 1 heterocycles. The van der Waals surface area contributed by atoms with Crippen LogP contribution in [-0.4, -0.2) is 21.8 Å². The maximum Gasteiger partial charge on any atom is 0.225 e. The Balaban J connectivity index is 1.85. The minimum absolute atomic E-state index is 0.0610. The van der Waals surface area contributed by atoms with Crippen LogP contribution < -0.4 is 10.6 Å². The van der Waals surface area contributed by atoms with Crippen LogP contribution in [0, 0.1) is 6.92 Å². The highest BCUT2D eigenvalue weighted by molar-refractivity contribution is 5.93.